The van der Waals surface area contributed by atoms with Crippen LogP contribution in [0.15, 0.2) is 18.2 Å². The van der Waals surface area contributed by atoms with Gasteiger partial charge in [0.25, 0.3) is 0 Å². The predicted octanol–water partition coefficient (Wildman–Crippen LogP) is 1.55. The fraction of sp³-hybridized carbons (Fsp3) is 0.562. The average Bonchev–Trinajstić information content (AvgIpc) is 2.41. The number of nitrogens with zero attached hydrogens (tertiary/aromatic N) is 2. The zero-order valence-corrected chi connectivity index (χ0v) is 12.6. The molecule has 0 unspecified atom stereocenters. The summed E-state index contributed by atoms with van der Waals surface area (Å²) in [6.07, 6.45) is 0.590. The minimum atomic E-state index is -0.713. The highest BCUT2D eigenvalue weighted by Gasteiger charge is 2.28. The van der Waals surface area contributed by atoms with Gasteiger partial charge in [0, 0.05) is 26.2 Å². The second kappa shape index (κ2) is 6.37. The normalized spacial score (nSPS) is 18.9. The van der Waals surface area contributed by atoms with Crippen LogP contribution in [0.25, 0.3) is 0 Å². The van der Waals surface area contributed by atoms with Crippen LogP contribution in [0.3, 0.4) is 0 Å². The van der Waals surface area contributed by atoms with Crippen LogP contribution in [0.1, 0.15) is 16.7 Å². The molecule has 0 radical (unpaired) electrons. The van der Waals surface area contributed by atoms with E-state index in [0.717, 1.165) is 31.7 Å². The summed E-state index contributed by atoms with van der Waals surface area (Å²) in [5.41, 5.74) is 3.59. The highest BCUT2D eigenvalue weighted by Crippen LogP contribution is 2.18. The van der Waals surface area contributed by atoms with Gasteiger partial charge in [0.2, 0.25) is 0 Å². The fourth-order valence-corrected chi connectivity index (χ4v) is 2.75. The van der Waals surface area contributed by atoms with Gasteiger partial charge in [0.1, 0.15) is 6.04 Å². The second-order valence-corrected chi connectivity index (χ2v) is 5.76. The molecule has 0 amide bonds. The van der Waals surface area contributed by atoms with Crippen molar-refractivity contribution in [1.82, 2.24) is 9.80 Å². The highest BCUT2D eigenvalue weighted by atomic mass is 16.4. The topological polar surface area (TPSA) is 43.8 Å². The van der Waals surface area contributed by atoms with Crippen molar-refractivity contribution in [2.75, 3.05) is 33.2 Å². The number of carboxylic acids is 1. The van der Waals surface area contributed by atoms with Crippen LogP contribution in [0, 0.1) is 13.8 Å². The molecular weight excluding hydrogens is 252 g/mol. The van der Waals surface area contributed by atoms with Gasteiger partial charge in [-0.15, -0.1) is 0 Å². The molecule has 1 aliphatic rings. The number of rotatable bonds is 4. The molecule has 1 aliphatic heterocycles. The highest BCUT2D eigenvalue weighted by molar-refractivity contribution is 5.74. The van der Waals surface area contributed by atoms with Crippen molar-refractivity contribution >= 4 is 5.97 Å². The molecule has 1 aromatic rings. The number of likely N-dealkylation sites (N-methyl/N-ethyl adjacent to an activating group) is 1. The minimum absolute atomic E-state index is 0.413. The largest absolute Gasteiger partial charge is 0.480 e. The first-order valence-electron chi connectivity index (χ1n) is 7.19. The third-order valence-corrected chi connectivity index (χ3v) is 4.39. The van der Waals surface area contributed by atoms with Gasteiger partial charge in [0.05, 0.1) is 0 Å². The van der Waals surface area contributed by atoms with E-state index in [1.165, 1.54) is 11.1 Å². The first kappa shape index (κ1) is 15.0. The minimum Gasteiger partial charge on any atom is -0.480 e. The average molecular weight is 276 g/mol. The lowest BCUT2D eigenvalue weighted by atomic mass is 9.96. The van der Waals surface area contributed by atoms with Gasteiger partial charge in [-0.1, -0.05) is 18.2 Å². The van der Waals surface area contributed by atoms with Crippen LogP contribution in [-0.4, -0.2) is 60.1 Å². The lowest BCUT2D eigenvalue weighted by molar-refractivity contribution is -0.144. The van der Waals surface area contributed by atoms with E-state index in [2.05, 4.69) is 36.8 Å². The van der Waals surface area contributed by atoms with E-state index in [1.54, 1.807) is 0 Å². The molecule has 0 saturated carbocycles. The monoisotopic (exact) mass is 276 g/mol. The zero-order valence-electron chi connectivity index (χ0n) is 12.6. The number of aryl methyl sites for hydroxylation is 1. The van der Waals surface area contributed by atoms with Gasteiger partial charge in [0.15, 0.2) is 0 Å². The Morgan fingerprint density at radius 3 is 2.50 bits per heavy atom. The van der Waals surface area contributed by atoms with Crippen molar-refractivity contribution in [2.24, 2.45) is 0 Å². The van der Waals surface area contributed by atoms with E-state index in [9.17, 15) is 9.90 Å². The van der Waals surface area contributed by atoms with E-state index in [0.29, 0.717) is 6.42 Å². The molecule has 0 spiro atoms. The molecule has 0 aliphatic carbocycles. The van der Waals surface area contributed by atoms with E-state index < -0.39 is 12.0 Å². The Labute approximate surface area is 121 Å². The molecule has 4 heteroatoms. The first-order valence-corrected chi connectivity index (χ1v) is 7.19. The number of hydrogen-bond acceptors (Lipinski definition) is 3. The Kier molecular flexibility index (Phi) is 4.78. The van der Waals surface area contributed by atoms with Crippen molar-refractivity contribution in [3.8, 4) is 0 Å². The number of carbonyl (C=O) groups is 1. The molecule has 110 valence electrons. The predicted molar refractivity (Wildman–Crippen MR) is 80.1 cm³/mol. The lowest BCUT2D eigenvalue weighted by Crippen LogP contribution is -2.52. The van der Waals surface area contributed by atoms with E-state index in [4.69, 9.17) is 0 Å². The summed E-state index contributed by atoms with van der Waals surface area (Å²) >= 11 is 0. The maximum absolute atomic E-state index is 11.6. The molecule has 1 atom stereocenters. The number of carboxylic acid groups (broad SMARTS) is 1. The Balaban J connectivity index is 2.13. The van der Waals surface area contributed by atoms with Crippen LogP contribution in [-0.2, 0) is 11.2 Å². The molecule has 1 saturated heterocycles. The van der Waals surface area contributed by atoms with E-state index in [-0.39, 0.29) is 0 Å². The maximum Gasteiger partial charge on any atom is 0.321 e. The summed E-state index contributed by atoms with van der Waals surface area (Å²) in [6, 6.07) is 5.73. The Morgan fingerprint density at radius 2 is 1.90 bits per heavy atom. The van der Waals surface area contributed by atoms with Crippen LogP contribution >= 0.6 is 0 Å². The third kappa shape index (κ3) is 3.38. The number of hydrogen-bond donors (Lipinski definition) is 1. The molecule has 1 fully saturated rings. The van der Waals surface area contributed by atoms with Gasteiger partial charge in [-0.2, -0.15) is 0 Å². The molecule has 1 aromatic carbocycles. The van der Waals surface area contributed by atoms with Crippen LogP contribution in [0.4, 0.5) is 0 Å². The molecule has 2 rings (SSSR count). The number of piperazine rings is 1. The summed E-state index contributed by atoms with van der Waals surface area (Å²) in [5.74, 6) is -0.713. The van der Waals surface area contributed by atoms with Crippen LogP contribution < -0.4 is 0 Å². The molecular formula is C16H24N2O2. The van der Waals surface area contributed by atoms with Crippen LogP contribution in [0.5, 0.6) is 0 Å². The van der Waals surface area contributed by atoms with Gasteiger partial charge < -0.3 is 10.0 Å². The fourth-order valence-electron chi connectivity index (χ4n) is 2.75. The van der Waals surface area contributed by atoms with Crippen molar-refractivity contribution in [3.63, 3.8) is 0 Å². The van der Waals surface area contributed by atoms with Gasteiger partial charge in [-0.05, 0) is 44.0 Å². The Morgan fingerprint density at radius 1 is 1.25 bits per heavy atom. The van der Waals surface area contributed by atoms with Gasteiger partial charge in [-0.3, -0.25) is 9.69 Å². The molecule has 0 bridgehead atoms. The van der Waals surface area contributed by atoms with Crippen molar-refractivity contribution in [2.45, 2.75) is 26.3 Å². The molecule has 1 heterocycles. The van der Waals surface area contributed by atoms with Crippen molar-refractivity contribution in [3.05, 3.63) is 34.9 Å². The molecule has 0 aromatic heterocycles. The van der Waals surface area contributed by atoms with Crippen molar-refractivity contribution < 1.29 is 9.90 Å². The molecule has 20 heavy (non-hydrogen) atoms. The number of aliphatic carboxylic acids is 1. The van der Waals surface area contributed by atoms with Gasteiger partial charge in [-0.25, -0.2) is 0 Å². The Hall–Kier alpha value is -1.39. The standard InChI is InChI=1S/C16H24N2O2/c1-12-5-4-6-14(13(12)2)11-15(16(19)20)18-9-7-17(3)8-10-18/h4-6,15H,7-11H2,1-3H3,(H,19,20)/t15-/m0/s1. The first-order chi connectivity index (χ1) is 9.49. The lowest BCUT2D eigenvalue weighted by Gasteiger charge is -2.36. The smallest absolute Gasteiger partial charge is 0.321 e. The van der Waals surface area contributed by atoms with Crippen molar-refractivity contribution in [1.29, 1.82) is 0 Å². The molecule has 1 N–H and O–H groups in total. The van der Waals surface area contributed by atoms with Gasteiger partial charge >= 0.3 is 5.97 Å². The quantitative estimate of drug-likeness (QED) is 0.906. The summed E-state index contributed by atoms with van der Waals surface area (Å²) in [5, 5.41) is 9.56. The molecule has 4 nitrogen and oxygen atoms in total. The SMILES string of the molecule is Cc1cccc(C[C@@H](C(=O)O)N2CCN(C)CC2)c1C. The van der Waals surface area contributed by atoms with E-state index >= 15 is 0 Å². The van der Waals surface area contributed by atoms with Crippen LogP contribution in [0.2, 0.25) is 0 Å². The van der Waals surface area contributed by atoms with E-state index in [1.807, 2.05) is 12.1 Å². The summed E-state index contributed by atoms with van der Waals surface area (Å²) in [6.45, 7) is 7.70. The maximum atomic E-state index is 11.6. The third-order valence-electron chi connectivity index (χ3n) is 4.39. The zero-order chi connectivity index (χ0) is 14.7. The number of benzene rings is 1. The summed E-state index contributed by atoms with van der Waals surface area (Å²) < 4.78 is 0. The summed E-state index contributed by atoms with van der Waals surface area (Å²) in [7, 11) is 2.08. The second-order valence-electron chi connectivity index (χ2n) is 5.76. The Bertz CT molecular complexity index is 479. The summed E-state index contributed by atoms with van der Waals surface area (Å²) in [4.78, 5) is 16.0.